The lowest BCUT2D eigenvalue weighted by atomic mass is 10.3. The molecule has 0 aliphatic carbocycles. The zero-order chi connectivity index (χ0) is 13.0. The van der Waals surface area contributed by atoms with Gasteiger partial charge in [-0.3, -0.25) is 9.59 Å². The van der Waals surface area contributed by atoms with Gasteiger partial charge in [-0.05, 0) is 21.8 Å². The Bertz CT molecular complexity index is 549. The number of amides is 2. The first-order chi connectivity index (χ1) is 8.65. The van der Waals surface area contributed by atoms with Gasteiger partial charge in [-0.15, -0.1) is 11.3 Å². The maximum Gasteiger partial charge on any atom is 0.230 e. The first-order valence-corrected chi connectivity index (χ1v) is 5.95. The van der Waals surface area contributed by atoms with E-state index in [9.17, 15) is 9.59 Å². The quantitative estimate of drug-likeness (QED) is 0.868. The molecule has 0 unspecified atom stereocenters. The highest BCUT2D eigenvalue weighted by Gasteiger charge is 2.14. The number of hydrogen-bond acceptors (Lipinski definition) is 6. The van der Waals surface area contributed by atoms with E-state index in [1.54, 1.807) is 0 Å². The number of hydrogen-bond donors (Lipinski definition) is 2. The number of anilines is 2. The van der Waals surface area contributed by atoms with Crippen molar-refractivity contribution >= 4 is 34.8 Å². The van der Waals surface area contributed by atoms with Crippen molar-refractivity contribution in [2.45, 2.75) is 13.3 Å². The summed E-state index contributed by atoms with van der Waals surface area (Å²) in [5.74, 6) is -0.368. The number of nitrogens with one attached hydrogen (secondary N) is 2. The molecule has 2 N–H and O–H groups in total. The van der Waals surface area contributed by atoms with Crippen LogP contribution in [0.5, 0.6) is 0 Å². The maximum atomic E-state index is 11.7. The minimum absolute atomic E-state index is 0.0991. The molecule has 2 rings (SSSR count). The van der Waals surface area contributed by atoms with Crippen molar-refractivity contribution in [3.63, 3.8) is 0 Å². The Morgan fingerprint density at radius 2 is 2.06 bits per heavy atom. The topological polar surface area (TPSA) is 97.1 Å². The summed E-state index contributed by atoms with van der Waals surface area (Å²) in [5, 5.41) is 13.8. The first-order valence-electron chi connectivity index (χ1n) is 5.07. The number of aromatic nitrogens is 2. The molecule has 0 aliphatic heterocycles. The van der Waals surface area contributed by atoms with Crippen molar-refractivity contribution in [2.24, 2.45) is 0 Å². The van der Waals surface area contributed by atoms with Gasteiger partial charge in [0.1, 0.15) is 0 Å². The second-order valence-corrected chi connectivity index (χ2v) is 4.48. The van der Waals surface area contributed by atoms with Crippen LogP contribution >= 0.6 is 11.3 Å². The molecule has 94 valence electrons. The van der Waals surface area contributed by atoms with Crippen molar-refractivity contribution in [1.29, 1.82) is 0 Å². The summed E-state index contributed by atoms with van der Waals surface area (Å²) in [6, 6.07) is 3.73. The molecule has 0 saturated carbocycles. The molecule has 0 atom stereocenters. The Hall–Kier alpha value is -2.22. The summed E-state index contributed by atoms with van der Waals surface area (Å²) in [7, 11) is 0. The van der Waals surface area contributed by atoms with Gasteiger partial charge in [-0.1, -0.05) is 6.07 Å². The van der Waals surface area contributed by atoms with Crippen LogP contribution in [0.3, 0.4) is 0 Å². The highest BCUT2D eigenvalue weighted by atomic mass is 32.1. The minimum atomic E-state index is -0.320. The average molecular weight is 266 g/mol. The molecule has 0 aliphatic rings. The van der Waals surface area contributed by atoms with Crippen molar-refractivity contribution in [2.75, 3.05) is 10.6 Å². The highest BCUT2D eigenvalue weighted by Crippen LogP contribution is 2.16. The number of nitrogens with zero attached hydrogens (tertiary/aromatic N) is 2. The van der Waals surface area contributed by atoms with Crippen LogP contribution in [0.1, 0.15) is 11.8 Å². The van der Waals surface area contributed by atoms with Gasteiger partial charge in [0, 0.05) is 11.8 Å². The van der Waals surface area contributed by atoms with Crippen LogP contribution in [0.15, 0.2) is 22.1 Å². The molecular formula is C10H10N4O3S. The van der Waals surface area contributed by atoms with E-state index in [0.717, 1.165) is 4.88 Å². The van der Waals surface area contributed by atoms with Gasteiger partial charge in [-0.25, -0.2) is 4.63 Å². The Labute approximate surface area is 106 Å². The second-order valence-electron chi connectivity index (χ2n) is 3.45. The summed E-state index contributed by atoms with van der Waals surface area (Å²) < 4.78 is 4.46. The Balaban J connectivity index is 1.98. The summed E-state index contributed by atoms with van der Waals surface area (Å²) in [4.78, 5) is 23.5. The third kappa shape index (κ3) is 3.14. The van der Waals surface area contributed by atoms with E-state index >= 15 is 0 Å². The van der Waals surface area contributed by atoms with Crippen LogP contribution in [0, 0.1) is 0 Å². The molecule has 2 amide bonds. The standard InChI is InChI=1S/C10H10N4O3S/c1-6(15)11-9-10(14-17-13-9)12-8(16)5-7-3-2-4-18-7/h2-4H,5H2,1H3,(H,11,13,15)(H,12,14,16). The predicted molar refractivity (Wildman–Crippen MR) is 65.3 cm³/mol. The van der Waals surface area contributed by atoms with Crippen LogP contribution in [-0.4, -0.2) is 22.1 Å². The van der Waals surface area contributed by atoms with E-state index in [2.05, 4.69) is 25.6 Å². The number of carbonyl (C=O) groups is 2. The summed E-state index contributed by atoms with van der Waals surface area (Å²) in [6.45, 7) is 1.33. The lowest BCUT2D eigenvalue weighted by Crippen LogP contribution is -2.16. The molecule has 0 bridgehead atoms. The molecule has 0 radical (unpaired) electrons. The summed E-state index contributed by atoms with van der Waals surface area (Å²) in [5.41, 5.74) is 0. The molecular weight excluding hydrogens is 256 g/mol. The molecule has 2 aromatic rings. The van der Waals surface area contributed by atoms with Crippen molar-refractivity contribution in [3.8, 4) is 0 Å². The van der Waals surface area contributed by atoms with Gasteiger partial charge in [0.05, 0.1) is 6.42 Å². The fraction of sp³-hybridized carbons (Fsp3) is 0.200. The molecule has 7 nitrogen and oxygen atoms in total. The van der Waals surface area contributed by atoms with Crippen LogP contribution in [0.2, 0.25) is 0 Å². The second kappa shape index (κ2) is 5.41. The lowest BCUT2D eigenvalue weighted by Gasteiger charge is -2.01. The zero-order valence-corrected chi connectivity index (χ0v) is 10.3. The smallest absolute Gasteiger partial charge is 0.230 e. The van der Waals surface area contributed by atoms with Gasteiger partial charge < -0.3 is 10.6 Å². The average Bonchev–Trinajstić information content (AvgIpc) is 2.91. The summed E-state index contributed by atoms with van der Waals surface area (Å²) >= 11 is 1.49. The van der Waals surface area contributed by atoms with Gasteiger partial charge in [-0.2, -0.15) is 0 Å². The van der Waals surface area contributed by atoms with Crippen LogP contribution in [0.4, 0.5) is 11.6 Å². The molecule has 0 saturated heterocycles. The Kier molecular flexibility index (Phi) is 3.68. The highest BCUT2D eigenvalue weighted by molar-refractivity contribution is 7.10. The van der Waals surface area contributed by atoms with Crippen molar-refractivity contribution < 1.29 is 14.2 Å². The summed E-state index contributed by atoms with van der Waals surface area (Å²) in [6.07, 6.45) is 0.240. The molecule has 2 aromatic heterocycles. The maximum absolute atomic E-state index is 11.7. The Morgan fingerprint density at radius 1 is 1.33 bits per heavy atom. The van der Waals surface area contributed by atoms with Crippen molar-refractivity contribution in [3.05, 3.63) is 22.4 Å². The Morgan fingerprint density at radius 3 is 2.67 bits per heavy atom. The van der Waals surface area contributed by atoms with E-state index in [1.807, 2.05) is 17.5 Å². The number of thiophene rings is 1. The van der Waals surface area contributed by atoms with E-state index in [1.165, 1.54) is 18.3 Å². The van der Waals surface area contributed by atoms with E-state index in [-0.39, 0.29) is 29.9 Å². The molecule has 2 heterocycles. The largest absolute Gasteiger partial charge is 0.305 e. The van der Waals surface area contributed by atoms with E-state index in [0.29, 0.717) is 0 Å². The van der Waals surface area contributed by atoms with Gasteiger partial charge >= 0.3 is 0 Å². The van der Waals surface area contributed by atoms with E-state index in [4.69, 9.17) is 0 Å². The van der Waals surface area contributed by atoms with Crippen LogP contribution in [-0.2, 0) is 16.0 Å². The number of carbonyl (C=O) groups excluding carboxylic acids is 2. The fourth-order valence-electron chi connectivity index (χ4n) is 1.27. The third-order valence-corrected chi connectivity index (χ3v) is 2.83. The normalized spacial score (nSPS) is 10.1. The van der Waals surface area contributed by atoms with Crippen molar-refractivity contribution in [1.82, 2.24) is 10.3 Å². The molecule has 0 spiro atoms. The van der Waals surface area contributed by atoms with Gasteiger partial charge in [0.2, 0.25) is 23.5 Å². The number of rotatable bonds is 4. The lowest BCUT2D eigenvalue weighted by molar-refractivity contribution is -0.116. The molecule has 0 aromatic carbocycles. The van der Waals surface area contributed by atoms with Gasteiger partial charge in [0.25, 0.3) is 0 Å². The monoisotopic (exact) mass is 266 g/mol. The minimum Gasteiger partial charge on any atom is -0.305 e. The third-order valence-electron chi connectivity index (χ3n) is 1.96. The predicted octanol–water partition coefficient (Wildman–Crippen LogP) is 1.27. The van der Waals surface area contributed by atoms with E-state index < -0.39 is 0 Å². The SMILES string of the molecule is CC(=O)Nc1nonc1NC(=O)Cc1cccs1. The van der Waals surface area contributed by atoms with Crippen LogP contribution in [0.25, 0.3) is 0 Å². The molecule has 18 heavy (non-hydrogen) atoms. The zero-order valence-electron chi connectivity index (χ0n) is 9.47. The van der Waals surface area contributed by atoms with Gasteiger partial charge in [0.15, 0.2) is 0 Å². The first kappa shape index (κ1) is 12.2. The molecule has 0 fully saturated rings. The van der Waals surface area contributed by atoms with Crippen LogP contribution < -0.4 is 10.6 Å². The molecule has 8 heteroatoms. The fourth-order valence-corrected chi connectivity index (χ4v) is 1.97.